The second kappa shape index (κ2) is 12.5. The van der Waals surface area contributed by atoms with Crippen LogP contribution >= 0.6 is 0 Å². The van der Waals surface area contributed by atoms with Gasteiger partial charge >= 0.3 is 9.53 Å². The van der Waals surface area contributed by atoms with Gasteiger partial charge in [-0.25, -0.2) is 0 Å². The summed E-state index contributed by atoms with van der Waals surface area (Å²) in [4.78, 5) is 2.36. The lowest BCUT2D eigenvalue weighted by molar-refractivity contribution is 0.107. The van der Waals surface area contributed by atoms with Crippen molar-refractivity contribution in [1.82, 2.24) is 4.90 Å². The Labute approximate surface area is 107 Å². The third kappa shape index (κ3) is 9.69. The Hall–Kier alpha value is 0.0169. The molecule has 6 heteroatoms. The summed E-state index contributed by atoms with van der Waals surface area (Å²) in [6.45, 7) is 12.3. The molecule has 0 unspecified atom stereocenters. The summed E-state index contributed by atoms with van der Waals surface area (Å²) >= 11 is 0. The maximum absolute atomic E-state index is 5.30. The second-order valence-corrected chi connectivity index (χ2v) is 5.22. The van der Waals surface area contributed by atoms with Crippen molar-refractivity contribution in [3.63, 3.8) is 0 Å². The molecule has 104 valence electrons. The molecular weight excluding hydrogens is 236 g/mol. The first kappa shape index (κ1) is 17.0. The van der Waals surface area contributed by atoms with Crippen molar-refractivity contribution in [2.24, 2.45) is 5.73 Å². The molecule has 0 bridgehead atoms. The molecule has 0 radical (unpaired) electrons. The predicted octanol–water partition coefficient (Wildman–Crippen LogP) is 0.464. The minimum atomic E-state index is -1.73. The first-order valence-corrected chi connectivity index (χ1v) is 7.97. The van der Waals surface area contributed by atoms with Gasteiger partial charge in [0.15, 0.2) is 0 Å². The average molecular weight is 264 g/mol. The van der Waals surface area contributed by atoms with Gasteiger partial charge in [0, 0.05) is 32.9 Å². The van der Waals surface area contributed by atoms with E-state index >= 15 is 0 Å². The molecule has 1 heterocycles. The number of nitrogens with two attached hydrogens (primary N) is 1. The molecule has 0 atom stereocenters. The second-order valence-electron chi connectivity index (χ2n) is 3.64. The molecule has 0 aromatic rings. The quantitative estimate of drug-likeness (QED) is 0.646. The van der Waals surface area contributed by atoms with Crippen LogP contribution in [-0.4, -0.2) is 60.4 Å². The Balaban J connectivity index is 0.000000318. The fourth-order valence-electron chi connectivity index (χ4n) is 1.34. The lowest BCUT2D eigenvalue weighted by Gasteiger charge is -2.29. The highest BCUT2D eigenvalue weighted by atomic mass is 28.3. The highest BCUT2D eigenvalue weighted by Gasteiger charge is 2.11. The summed E-state index contributed by atoms with van der Waals surface area (Å²) in [5, 5.41) is 0. The van der Waals surface area contributed by atoms with E-state index in [0.717, 1.165) is 13.1 Å². The molecule has 5 nitrogen and oxygen atoms in total. The highest BCUT2D eigenvalue weighted by molar-refractivity contribution is 6.36. The van der Waals surface area contributed by atoms with Crippen molar-refractivity contribution in [3.8, 4) is 0 Å². The van der Waals surface area contributed by atoms with Gasteiger partial charge in [-0.1, -0.05) is 0 Å². The van der Waals surface area contributed by atoms with Crippen LogP contribution in [0.15, 0.2) is 0 Å². The maximum Gasteiger partial charge on any atom is 0.484 e. The summed E-state index contributed by atoms with van der Waals surface area (Å²) in [5.74, 6) is 0. The van der Waals surface area contributed by atoms with Gasteiger partial charge in [-0.2, -0.15) is 0 Å². The molecule has 1 aliphatic rings. The normalized spacial score (nSPS) is 15.4. The van der Waals surface area contributed by atoms with Crippen LogP contribution in [0.2, 0.25) is 0 Å². The number of hydrogen-bond acceptors (Lipinski definition) is 5. The van der Waals surface area contributed by atoms with Gasteiger partial charge in [0.05, 0.1) is 0 Å². The zero-order valence-electron chi connectivity index (χ0n) is 11.5. The monoisotopic (exact) mass is 264 g/mol. The van der Waals surface area contributed by atoms with Crippen LogP contribution in [-0.2, 0) is 13.3 Å². The minimum absolute atomic E-state index is 0.677. The molecule has 0 saturated carbocycles. The minimum Gasteiger partial charge on any atom is -0.376 e. The third-order valence-electron chi connectivity index (χ3n) is 2.30. The van der Waals surface area contributed by atoms with Gasteiger partial charge in [-0.3, -0.25) is 0 Å². The van der Waals surface area contributed by atoms with Crippen molar-refractivity contribution < 1.29 is 13.3 Å². The molecule has 0 aromatic carbocycles. The molecule has 2 N–H and O–H groups in total. The van der Waals surface area contributed by atoms with E-state index in [9.17, 15) is 0 Å². The topological polar surface area (TPSA) is 57.0 Å². The summed E-state index contributed by atoms with van der Waals surface area (Å²) in [7, 11) is -1.73. The summed E-state index contributed by atoms with van der Waals surface area (Å²) < 4.78 is 15.7. The van der Waals surface area contributed by atoms with E-state index in [-0.39, 0.29) is 0 Å². The number of rotatable bonds is 8. The Bertz CT molecular complexity index is 145. The van der Waals surface area contributed by atoms with E-state index in [4.69, 9.17) is 19.0 Å². The molecule has 1 rings (SSSR count). The van der Waals surface area contributed by atoms with Crippen LogP contribution in [0.3, 0.4) is 0 Å². The van der Waals surface area contributed by atoms with Crippen LogP contribution in [0.1, 0.15) is 27.2 Å². The van der Waals surface area contributed by atoms with E-state index in [1.807, 2.05) is 20.8 Å². The summed E-state index contributed by atoms with van der Waals surface area (Å²) in [6.07, 6.45) is 1.38. The molecule has 0 aromatic heterocycles. The smallest absolute Gasteiger partial charge is 0.376 e. The van der Waals surface area contributed by atoms with Crippen LogP contribution in [0, 0.1) is 0 Å². The van der Waals surface area contributed by atoms with Gasteiger partial charge in [0.2, 0.25) is 0 Å². The number of likely N-dealkylation sites (tertiary alicyclic amines) is 1. The van der Waals surface area contributed by atoms with Gasteiger partial charge < -0.3 is 23.9 Å². The lowest BCUT2D eigenvalue weighted by atomic mass is 10.2. The molecule has 0 aliphatic carbocycles. The SMILES string of the molecule is CCO[SiH](OCC)OCC.NCCN1CCC1. The van der Waals surface area contributed by atoms with E-state index in [1.54, 1.807) is 0 Å². The lowest BCUT2D eigenvalue weighted by Crippen LogP contribution is -2.40. The van der Waals surface area contributed by atoms with E-state index in [1.165, 1.54) is 19.5 Å². The van der Waals surface area contributed by atoms with E-state index in [0.29, 0.717) is 19.8 Å². The third-order valence-corrected chi connectivity index (χ3v) is 4.12. The van der Waals surface area contributed by atoms with Crippen molar-refractivity contribution in [3.05, 3.63) is 0 Å². The van der Waals surface area contributed by atoms with Crippen LogP contribution in [0.25, 0.3) is 0 Å². The fourth-order valence-corrected chi connectivity index (χ4v) is 2.45. The van der Waals surface area contributed by atoms with Crippen LogP contribution in [0.4, 0.5) is 0 Å². The van der Waals surface area contributed by atoms with Crippen molar-refractivity contribution in [2.45, 2.75) is 27.2 Å². The van der Waals surface area contributed by atoms with Gasteiger partial charge in [0.25, 0.3) is 0 Å². The Morgan fingerprint density at radius 1 is 1.00 bits per heavy atom. The summed E-state index contributed by atoms with van der Waals surface area (Å²) in [5.41, 5.74) is 5.30. The van der Waals surface area contributed by atoms with E-state index in [2.05, 4.69) is 4.90 Å². The zero-order valence-corrected chi connectivity index (χ0v) is 12.6. The Morgan fingerprint density at radius 3 is 1.65 bits per heavy atom. The van der Waals surface area contributed by atoms with Crippen LogP contribution in [0.5, 0.6) is 0 Å². The van der Waals surface area contributed by atoms with Gasteiger partial charge in [-0.05, 0) is 40.3 Å². The first-order valence-electron chi connectivity index (χ1n) is 6.55. The first-order chi connectivity index (χ1) is 8.28. The molecule has 1 saturated heterocycles. The molecular formula is C11H28N2O3Si. The van der Waals surface area contributed by atoms with Crippen molar-refractivity contribution in [1.29, 1.82) is 0 Å². The molecule has 0 spiro atoms. The van der Waals surface area contributed by atoms with Gasteiger partial charge in [0.1, 0.15) is 0 Å². The molecule has 1 fully saturated rings. The molecule has 17 heavy (non-hydrogen) atoms. The molecule has 0 amide bonds. The number of nitrogens with zero attached hydrogens (tertiary/aromatic N) is 1. The predicted molar refractivity (Wildman–Crippen MR) is 72.1 cm³/mol. The summed E-state index contributed by atoms with van der Waals surface area (Å²) in [6, 6.07) is 0. The zero-order chi connectivity index (χ0) is 12.9. The van der Waals surface area contributed by atoms with Crippen LogP contribution < -0.4 is 5.73 Å². The standard InChI is InChI=1S/C6H16O3Si.C5H12N2/c1-4-7-10(8-5-2)9-6-3;6-2-5-7-3-1-4-7/h10H,4-6H2,1-3H3;1-6H2. The Kier molecular flexibility index (Phi) is 12.5. The maximum atomic E-state index is 5.30. The van der Waals surface area contributed by atoms with Crippen molar-refractivity contribution in [2.75, 3.05) is 46.0 Å². The largest absolute Gasteiger partial charge is 0.484 e. The fraction of sp³-hybridized carbons (Fsp3) is 1.00. The van der Waals surface area contributed by atoms with Gasteiger partial charge in [-0.15, -0.1) is 0 Å². The van der Waals surface area contributed by atoms with E-state index < -0.39 is 9.53 Å². The molecule has 1 aliphatic heterocycles. The van der Waals surface area contributed by atoms with Crippen molar-refractivity contribution >= 4 is 9.53 Å². The Morgan fingerprint density at radius 2 is 1.47 bits per heavy atom. The number of hydrogen-bond donors (Lipinski definition) is 1. The highest BCUT2D eigenvalue weighted by Crippen LogP contribution is 2.02. The average Bonchev–Trinajstić information content (AvgIpc) is 2.26.